The van der Waals surface area contributed by atoms with E-state index in [0.29, 0.717) is 5.56 Å². The Balaban J connectivity index is 1.63. The highest BCUT2D eigenvalue weighted by atomic mass is 16.2. The predicted octanol–water partition coefficient (Wildman–Crippen LogP) is 1.54. The van der Waals surface area contributed by atoms with Crippen LogP contribution in [0.1, 0.15) is 15.9 Å². The highest BCUT2D eigenvalue weighted by Crippen LogP contribution is 2.16. The average Bonchev–Trinajstić information content (AvgIpc) is 2.67. The monoisotopic (exact) mass is 339 g/mol. The van der Waals surface area contributed by atoms with Crippen molar-refractivity contribution in [3.8, 4) is 0 Å². The van der Waals surface area contributed by atoms with Crippen molar-refractivity contribution < 1.29 is 4.79 Å². The van der Waals surface area contributed by atoms with Gasteiger partial charge in [0.15, 0.2) is 0 Å². The molecule has 0 N–H and O–H groups in total. The van der Waals surface area contributed by atoms with E-state index in [0.717, 1.165) is 44.8 Å². The van der Waals surface area contributed by atoms with Gasteiger partial charge in [-0.2, -0.15) is 0 Å². The van der Waals surface area contributed by atoms with Crippen LogP contribution in [0, 0.1) is 0 Å². The van der Waals surface area contributed by atoms with E-state index in [-0.39, 0.29) is 5.91 Å². The first-order valence-corrected chi connectivity index (χ1v) is 8.66. The number of pyridine rings is 2. The molecule has 0 atom stereocenters. The number of carbonyl (C=O) groups is 1. The minimum atomic E-state index is 0.0741. The lowest BCUT2D eigenvalue weighted by Gasteiger charge is -2.32. The van der Waals surface area contributed by atoms with Gasteiger partial charge < -0.3 is 14.7 Å². The summed E-state index contributed by atoms with van der Waals surface area (Å²) in [6.07, 6.45) is 8.03. The SMILES string of the molecule is CN1CCN(C(=O)c2cncc(N(C)CCc3ccncc3)c2)CC1. The van der Waals surface area contributed by atoms with Crippen molar-refractivity contribution in [1.82, 2.24) is 19.8 Å². The number of rotatable bonds is 5. The molecule has 3 heterocycles. The first-order chi connectivity index (χ1) is 12.1. The minimum Gasteiger partial charge on any atom is -0.373 e. The summed E-state index contributed by atoms with van der Waals surface area (Å²) in [6, 6.07) is 6.00. The smallest absolute Gasteiger partial charge is 0.255 e. The number of piperazine rings is 1. The molecule has 1 fully saturated rings. The second kappa shape index (κ2) is 8.07. The Morgan fingerprint density at radius 3 is 2.56 bits per heavy atom. The molecule has 0 bridgehead atoms. The molecule has 0 unspecified atom stereocenters. The van der Waals surface area contributed by atoms with Crippen molar-refractivity contribution in [3.63, 3.8) is 0 Å². The number of hydrogen-bond donors (Lipinski definition) is 0. The summed E-state index contributed by atoms with van der Waals surface area (Å²) in [5, 5.41) is 0. The lowest BCUT2D eigenvalue weighted by Crippen LogP contribution is -2.47. The van der Waals surface area contributed by atoms with Crippen molar-refractivity contribution >= 4 is 11.6 Å². The molecular formula is C19H25N5O. The number of hydrogen-bond acceptors (Lipinski definition) is 5. The Hall–Kier alpha value is -2.47. The predicted molar refractivity (Wildman–Crippen MR) is 98.8 cm³/mol. The first-order valence-electron chi connectivity index (χ1n) is 8.66. The van der Waals surface area contributed by atoms with Crippen LogP contribution in [-0.2, 0) is 6.42 Å². The van der Waals surface area contributed by atoms with Crippen LogP contribution in [0.5, 0.6) is 0 Å². The molecule has 132 valence electrons. The highest BCUT2D eigenvalue weighted by Gasteiger charge is 2.21. The number of anilines is 1. The van der Waals surface area contributed by atoms with Crippen LogP contribution in [0.15, 0.2) is 43.0 Å². The van der Waals surface area contributed by atoms with Gasteiger partial charge in [-0.15, -0.1) is 0 Å². The second-order valence-electron chi connectivity index (χ2n) is 6.55. The summed E-state index contributed by atoms with van der Waals surface area (Å²) < 4.78 is 0. The Labute approximate surface area is 149 Å². The van der Waals surface area contributed by atoms with E-state index in [1.165, 1.54) is 5.56 Å². The second-order valence-corrected chi connectivity index (χ2v) is 6.55. The van der Waals surface area contributed by atoms with E-state index in [9.17, 15) is 4.79 Å². The molecule has 1 saturated heterocycles. The Bertz CT molecular complexity index is 698. The molecule has 2 aromatic rings. The van der Waals surface area contributed by atoms with E-state index < -0.39 is 0 Å². The van der Waals surface area contributed by atoms with Crippen LogP contribution >= 0.6 is 0 Å². The minimum absolute atomic E-state index is 0.0741. The number of amides is 1. The topological polar surface area (TPSA) is 52.6 Å². The third-order valence-electron chi connectivity index (χ3n) is 4.69. The van der Waals surface area contributed by atoms with Gasteiger partial charge in [0.05, 0.1) is 17.4 Å². The van der Waals surface area contributed by atoms with E-state index >= 15 is 0 Å². The molecule has 0 aromatic carbocycles. The molecule has 0 radical (unpaired) electrons. The highest BCUT2D eigenvalue weighted by molar-refractivity contribution is 5.94. The summed E-state index contributed by atoms with van der Waals surface area (Å²) >= 11 is 0. The third-order valence-corrected chi connectivity index (χ3v) is 4.69. The van der Waals surface area contributed by atoms with Crippen molar-refractivity contribution in [2.45, 2.75) is 6.42 Å². The van der Waals surface area contributed by atoms with Gasteiger partial charge in [0.2, 0.25) is 0 Å². The van der Waals surface area contributed by atoms with Crippen LogP contribution in [0.2, 0.25) is 0 Å². The van der Waals surface area contributed by atoms with Crippen LogP contribution in [-0.4, -0.2) is 72.5 Å². The number of aromatic nitrogens is 2. The molecule has 0 aliphatic carbocycles. The van der Waals surface area contributed by atoms with E-state index in [4.69, 9.17) is 0 Å². The maximum Gasteiger partial charge on any atom is 0.255 e. The zero-order valence-corrected chi connectivity index (χ0v) is 14.9. The molecule has 1 aliphatic heterocycles. The van der Waals surface area contributed by atoms with Gasteiger partial charge in [-0.25, -0.2) is 0 Å². The number of carbonyl (C=O) groups excluding carboxylic acids is 1. The molecule has 6 heteroatoms. The zero-order valence-electron chi connectivity index (χ0n) is 14.9. The van der Waals surface area contributed by atoms with E-state index in [1.807, 2.05) is 48.7 Å². The third kappa shape index (κ3) is 4.54. The molecule has 25 heavy (non-hydrogen) atoms. The Kier molecular flexibility index (Phi) is 5.60. The summed E-state index contributed by atoms with van der Waals surface area (Å²) in [6.45, 7) is 4.25. The lowest BCUT2D eigenvalue weighted by atomic mass is 10.1. The van der Waals surface area contributed by atoms with Crippen LogP contribution in [0.25, 0.3) is 0 Å². The summed E-state index contributed by atoms with van der Waals surface area (Å²) in [5.74, 6) is 0.0741. The summed E-state index contributed by atoms with van der Waals surface area (Å²) in [4.78, 5) is 27.3. The quantitative estimate of drug-likeness (QED) is 0.827. The van der Waals surface area contributed by atoms with Crippen molar-refractivity contribution in [2.75, 3.05) is 51.7 Å². The molecule has 1 aliphatic rings. The van der Waals surface area contributed by atoms with Gasteiger partial charge in [-0.3, -0.25) is 14.8 Å². The number of nitrogens with zero attached hydrogens (tertiary/aromatic N) is 5. The fourth-order valence-corrected chi connectivity index (χ4v) is 2.92. The fourth-order valence-electron chi connectivity index (χ4n) is 2.92. The van der Waals surface area contributed by atoms with Crippen molar-refractivity contribution in [2.24, 2.45) is 0 Å². The van der Waals surface area contributed by atoms with E-state index in [2.05, 4.69) is 26.8 Å². The van der Waals surface area contributed by atoms with Gasteiger partial charge >= 0.3 is 0 Å². The molecule has 1 amide bonds. The maximum atomic E-state index is 12.7. The normalized spacial score (nSPS) is 15.2. The fraction of sp³-hybridized carbons (Fsp3) is 0.421. The van der Waals surface area contributed by atoms with Crippen LogP contribution < -0.4 is 4.90 Å². The Morgan fingerprint density at radius 2 is 1.84 bits per heavy atom. The lowest BCUT2D eigenvalue weighted by molar-refractivity contribution is 0.0663. The van der Waals surface area contributed by atoms with Gasteiger partial charge in [0.1, 0.15) is 0 Å². The molecule has 0 saturated carbocycles. The van der Waals surface area contributed by atoms with Crippen LogP contribution in [0.4, 0.5) is 5.69 Å². The van der Waals surface area contributed by atoms with Gasteiger partial charge in [0.25, 0.3) is 5.91 Å². The Morgan fingerprint density at radius 1 is 1.12 bits per heavy atom. The largest absolute Gasteiger partial charge is 0.373 e. The molecule has 3 rings (SSSR count). The molecule has 6 nitrogen and oxygen atoms in total. The summed E-state index contributed by atoms with van der Waals surface area (Å²) in [5.41, 5.74) is 2.88. The van der Waals surface area contributed by atoms with Crippen molar-refractivity contribution in [3.05, 3.63) is 54.1 Å². The molecule has 2 aromatic heterocycles. The maximum absolute atomic E-state index is 12.7. The average molecular weight is 339 g/mol. The van der Waals surface area contributed by atoms with Crippen molar-refractivity contribution in [1.29, 1.82) is 0 Å². The summed E-state index contributed by atoms with van der Waals surface area (Å²) in [7, 11) is 4.12. The zero-order chi connectivity index (χ0) is 17.6. The first kappa shape index (κ1) is 17.4. The number of likely N-dealkylation sites (N-methyl/N-ethyl adjacent to an activating group) is 2. The van der Waals surface area contributed by atoms with Crippen LogP contribution in [0.3, 0.4) is 0 Å². The molecule has 0 spiro atoms. The van der Waals surface area contributed by atoms with Gasteiger partial charge in [-0.1, -0.05) is 0 Å². The molecular weight excluding hydrogens is 314 g/mol. The van der Waals surface area contributed by atoms with E-state index in [1.54, 1.807) is 6.20 Å². The van der Waals surface area contributed by atoms with Gasteiger partial charge in [-0.05, 0) is 37.2 Å². The standard InChI is InChI=1S/C19H25N5O/c1-22-9-11-24(12-10-22)19(25)17-13-18(15-21-14-17)23(2)8-5-16-3-6-20-7-4-16/h3-4,6-7,13-15H,5,8-12H2,1-2H3. The van der Waals surface area contributed by atoms with Gasteiger partial charge in [0, 0.05) is 58.4 Å².